The molecule has 3 rings (SSSR count). The lowest BCUT2D eigenvalue weighted by atomic mass is 9.87. The molecule has 120 valence electrons. The average Bonchev–Trinajstić information content (AvgIpc) is 3.11. The van der Waals surface area contributed by atoms with E-state index >= 15 is 0 Å². The summed E-state index contributed by atoms with van der Waals surface area (Å²) < 4.78 is 5.77. The molecule has 1 aliphatic heterocycles. The zero-order valence-electron chi connectivity index (χ0n) is 13.5. The smallest absolute Gasteiger partial charge is 0.225 e. The Morgan fingerprint density at radius 2 is 1.73 bits per heavy atom. The summed E-state index contributed by atoms with van der Waals surface area (Å²) in [5, 5.41) is 0. The molecule has 1 unspecified atom stereocenters. The lowest BCUT2D eigenvalue weighted by molar-refractivity contribution is -0.137. The van der Waals surface area contributed by atoms with Crippen molar-refractivity contribution in [2.24, 2.45) is 11.8 Å². The summed E-state index contributed by atoms with van der Waals surface area (Å²) in [7, 11) is 1.80. The maximum Gasteiger partial charge on any atom is 0.225 e. The first-order chi connectivity index (χ1) is 10.8. The minimum atomic E-state index is 0.157. The highest BCUT2D eigenvalue weighted by Crippen LogP contribution is 2.34. The van der Waals surface area contributed by atoms with Gasteiger partial charge in [0.25, 0.3) is 0 Å². The molecular formula is C19H27NO2. The highest BCUT2D eigenvalue weighted by molar-refractivity contribution is 5.79. The SMILES string of the molecule is COC(c1ccccc1)C1CCN(C(=O)C2CCCC2)CC1. The van der Waals surface area contributed by atoms with Gasteiger partial charge in [-0.25, -0.2) is 0 Å². The molecule has 1 saturated heterocycles. The van der Waals surface area contributed by atoms with Gasteiger partial charge in [-0.2, -0.15) is 0 Å². The first kappa shape index (κ1) is 15.5. The Morgan fingerprint density at radius 1 is 1.09 bits per heavy atom. The minimum absolute atomic E-state index is 0.157. The topological polar surface area (TPSA) is 29.5 Å². The number of hydrogen-bond donors (Lipinski definition) is 0. The quantitative estimate of drug-likeness (QED) is 0.846. The molecule has 0 aromatic heterocycles. The van der Waals surface area contributed by atoms with Crippen LogP contribution < -0.4 is 0 Å². The van der Waals surface area contributed by atoms with Gasteiger partial charge in [-0.15, -0.1) is 0 Å². The zero-order valence-corrected chi connectivity index (χ0v) is 13.5. The number of methoxy groups -OCH3 is 1. The number of amides is 1. The monoisotopic (exact) mass is 301 g/mol. The number of carbonyl (C=O) groups excluding carboxylic acids is 1. The first-order valence-electron chi connectivity index (χ1n) is 8.66. The van der Waals surface area contributed by atoms with Crippen molar-refractivity contribution >= 4 is 5.91 Å². The standard InChI is InChI=1S/C19H27NO2/c1-22-18(15-7-3-2-4-8-15)16-11-13-20(14-12-16)19(21)17-9-5-6-10-17/h2-4,7-8,16-18H,5-6,9-14H2,1H3. The third-order valence-electron chi connectivity index (χ3n) is 5.37. The molecule has 1 aromatic rings. The fourth-order valence-electron chi connectivity index (χ4n) is 4.10. The van der Waals surface area contributed by atoms with E-state index in [0.29, 0.717) is 17.7 Å². The second-order valence-electron chi connectivity index (χ2n) is 6.71. The number of nitrogens with zero attached hydrogens (tertiary/aromatic N) is 1. The van der Waals surface area contributed by atoms with Gasteiger partial charge < -0.3 is 9.64 Å². The molecule has 1 aromatic carbocycles. The second kappa shape index (κ2) is 7.28. The summed E-state index contributed by atoms with van der Waals surface area (Å²) in [5.41, 5.74) is 1.26. The largest absolute Gasteiger partial charge is 0.376 e. The number of carbonyl (C=O) groups is 1. The van der Waals surface area contributed by atoms with Crippen LogP contribution >= 0.6 is 0 Å². The molecule has 1 aliphatic carbocycles. The van der Waals surface area contributed by atoms with Gasteiger partial charge in [-0.3, -0.25) is 4.79 Å². The third-order valence-corrected chi connectivity index (χ3v) is 5.37. The summed E-state index contributed by atoms with van der Waals surface area (Å²) in [5.74, 6) is 1.23. The van der Waals surface area contributed by atoms with Crippen LogP contribution in [0.25, 0.3) is 0 Å². The lowest BCUT2D eigenvalue weighted by Gasteiger charge is -2.36. The summed E-state index contributed by atoms with van der Waals surface area (Å²) in [4.78, 5) is 14.6. The Kier molecular flexibility index (Phi) is 5.14. The molecule has 1 heterocycles. The van der Waals surface area contributed by atoms with Crippen molar-refractivity contribution in [3.8, 4) is 0 Å². The molecule has 0 radical (unpaired) electrons. The Labute approximate surface area is 133 Å². The first-order valence-corrected chi connectivity index (χ1v) is 8.66. The van der Waals surface area contributed by atoms with E-state index in [-0.39, 0.29) is 6.10 Å². The molecule has 1 saturated carbocycles. The maximum absolute atomic E-state index is 12.5. The minimum Gasteiger partial charge on any atom is -0.376 e. The molecular weight excluding hydrogens is 274 g/mol. The van der Waals surface area contributed by atoms with Crippen LogP contribution in [-0.2, 0) is 9.53 Å². The van der Waals surface area contributed by atoms with Gasteiger partial charge in [-0.05, 0) is 37.2 Å². The summed E-state index contributed by atoms with van der Waals surface area (Å²) in [6.45, 7) is 1.79. The number of likely N-dealkylation sites (tertiary alicyclic amines) is 1. The van der Waals surface area contributed by atoms with Crippen molar-refractivity contribution in [2.75, 3.05) is 20.2 Å². The Hall–Kier alpha value is -1.35. The predicted molar refractivity (Wildman–Crippen MR) is 87.5 cm³/mol. The molecule has 3 heteroatoms. The van der Waals surface area contributed by atoms with E-state index in [1.165, 1.54) is 18.4 Å². The van der Waals surface area contributed by atoms with Crippen LogP contribution in [0.4, 0.5) is 0 Å². The number of benzene rings is 1. The van der Waals surface area contributed by atoms with Crippen LogP contribution in [0.15, 0.2) is 30.3 Å². The zero-order chi connectivity index (χ0) is 15.4. The van der Waals surface area contributed by atoms with E-state index in [0.717, 1.165) is 38.8 Å². The van der Waals surface area contributed by atoms with Crippen molar-refractivity contribution < 1.29 is 9.53 Å². The molecule has 1 atom stereocenters. The summed E-state index contributed by atoms with van der Waals surface area (Å²) in [6, 6.07) is 10.5. The predicted octanol–water partition coefficient (Wildman–Crippen LogP) is 3.80. The number of rotatable bonds is 4. The summed E-state index contributed by atoms with van der Waals surface area (Å²) >= 11 is 0. The van der Waals surface area contributed by atoms with Crippen molar-refractivity contribution in [3.63, 3.8) is 0 Å². The van der Waals surface area contributed by atoms with Crippen molar-refractivity contribution in [3.05, 3.63) is 35.9 Å². The van der Waals surface area contributed by atoms with Crippen molar-refractivity contribution in [2.45, 2.75) is 44.6 Å². The van der Waals surface area contributed by atoms with Crippen LogP contribution in [-0.4, -0.2) is 31.0 Å². The normalized spacial score (nSPS) is 22.0. The van der Waals surface area contributed by atoms with E-state index in [9.17, 15) is 4.79 Å². The van der Waals surface area contributed by atoms with Gasteiger partial charge in [0.05, 0.1) is 6.10 Å². The Morgan fingerprint density at radius 3 is 2.32 bits per heavy atom. The molecule has 0 bridgehead atoms. The van der Waals surface area contributed by atoms with Crippen molar-refractivity contribution in [1.82, 2.24) is 4.90 Å². The molecule has 0 N–H and O–H groups in total. The van der Waals surface area contributed by atoms with Gasteiger partial charge in [0.15, 0.2) is 0 Å². The number of ether oxygens (including phenoxy) is 1. The Balaban J connectivity index is 1.57. The van der Waals surface area contributed by atoms with Crippen molar-refractivity contribution in [1.29, 1.82) is 0 Å². The molecule has 2 aliphatic rings. The van der Waals surface area contributed by atoms with E-state index < -0.39 is 0 Å². The molecule has 3 nitrogen and oxygen atoms in total. The van der Waals surface area contributed by atoms with Crippen LogP contribution in [0, 0.1) is 11.8 Å². The highest BCUT2D eigenvalue weighted by atomic mass is 16.5. The van der Waals surface area contributed by atoms with Gasteiger partial charge >= 0.3 is 0 Å². The van der Waals surface area contributed by atoms with E-state index in [4.69, 9.17) is 4.74 Å². The lowest BCUT2D eigenvalue weighted by Crippen LogP contribution is -2.42. The molecule has 1 amide bonds. The van der Waals surface area contributed by atoms with Gasteiger partial charge in [0.1, 0.15) is 0 Å². The van der Waals surface area contributed by atoms with Crippen LogP contribution in [0.1, 0.15) is 50.2 Å². The fourth-order valence-corrected chi connectivity index (χ4v) is 4.10. The van der Waals surface area contributed by atoms with Crippen LogP contribution in [0.2, 0.25) is 0 Å². The maximum atomic E-state index is 12.5. The molecule has 22 heavy (non-hydrogen) atoms. The Bertz CT molecular complexity index is 473. The molecule has 0 spiro atoms. The van der Waals surface area contributed by atoms with Gasteiger partial charge in [-0.1, -0.05) is 43.2 Å². The number of hydrogen-bond acceptors (Lipinski definition) is 2. The number of piperidine rings is 1. The van der Waals surface area contributed by atoms with E-state index in [2.05, 4.69) is 29.2 Å². The van der Waals surface area contributed by atoms with Crippen LogP contribution in [0.3, 0.4) is 0 Å². The average molecular weight is 301 g/mol. The van der Waals surface area contributed by atoms with E-state index in [1.807, 2.05) is 6.07 Å². The fraction of sp³-hybridized carbons (Fsp3) is 0.632. The van der Waals surface area contributed by atoms with Gasteiger partial charge in [0, 0.05) is 26.1 Å². The highest BCUT2D eigenvalue weighted by Gasteiger charge is 2.32. The third kappa shape index (κ3) is 3.35. The molecule has 2 fully saturated rings. The summed E-state index contributed by atoms with van der Waals surface area (Å²) in [6.07, 6.45) is 6.91. The van der Waals surface area contributed by atoms with E-state index in [1.54, 1.807) is 7.11 Å². The van der Waals surface area contributed by atoms with Gasteiger partial charge in [0.2, 0.25) is 5.91 Å². The second-order valence-corrected chi connectivity index (χ2v) is 6.71. The van der Waals surface area contributed by atoms with Crippen LogP contribution in [0.5, 0.6) is 0 Å².